The van der Waals surface area contributed by atoms with Gasteiger partial charge in [0, 0.05) is 30.6 Å². The largest absolute Gasteiger partial charge is 0.369 e. The smallest absolute Gasteiger partial charge is 0.277 e. The van der Waals surface area contributed by atoms with Gasteiger partial charge in [-0.2, -0.15) is 4.98 Å². The molecular weight excluding hydrogens is 527 g/mol. The molecule has 28 heavy (non-hydrogen) atoms. The van der Waals surface area contributed by atoms with Gasteiger partial charge in [0.1, 0.15) is 5.82 Å². The molecule has 0 aliphatic carbocycles. The molecule has 2 rings (SSSR count). The molecule has 0 saturated heterocycles. The molecule has 0 bridgehead atoms. The van der Waals surface area contributed by atoms with Crippen molar-refractivity contribution in [3.63, 3.8) is 0 Å². The quantitative estimate of drug-likeness (QED) is 0.159. The Morgan fingerprint density at radius 2 is 1.79 bits per heavy atom. The fourth-order valence-corrected chi connectivity index (χ4v) is 4.25. The Hall–Kier alpha value is -2.13. The average molecular weight is 541 g/mol. The van der Waals surface area contributed by atoms with Crippen LogP contribution in [-0.2, 0) is 9.73 Å². The fourth-order valence-electron chi connectivity index (χ4n) is 2.19. The summed E-state index contributed by atoms with van der Waals surface area (Å²) in [5, 5.41) is 25.0. The van der Waals surface area contributed by atoms with Crippen LogP contribution >= 0.6 is 34.2 Å². The van der Waals surface area contributed by atoms with Crippen molar-refractivity contribution in [3.05, 3.63) is 53.5 Å². The molecule has 1 aromatic carbocycles. The van der Waals surface area contributed by atoms with E-state index in [1.807, 2.05) is 22.6 Å². The van der Waals surface area contributed by atoms with E-state index in [-0.39, 0.29) is 15.9 Å². The molecule has 1 atom stereocenters. The second kappa shape index (κ2) is 9.38. The third-order valence-corrected chi connectivity index (χ3v) is 6.38. The lowest BCUT2D eigenvalue weighted by Gasteiger charge is -2.09. The summed E-state index contributed by atoms with van der Waals surface area (Å²) >= 11 is 7.77. The van der Waals surface area contributed by atoms with Crippen LogP contribution in [0.5, 0.6) is 0 Å². The number of aromatic nitrogens is 2. The van der Waals surface area contributed by atoms with Crippen molar-refractivity contribution in [2.24, 2.45) is 0 Å². The third kappa shape index (κ3) is 5.93. The van der Waals surface area contributed by atoms with Crippen LogP contribution in [0.4, 0.5) is 17.2 Å². The Morgan fingerprint density at radius 3 is 2.36 bits per heavy atom. The molecule has 150 valence electrons. The van der Waals surface area contributed by atoms with Gasteiger partial charge in [-0.25, -0.2) is 14.0 Å². The summed E-state index contributed by atoms with van der Waals surface area (Å²) in [6.07, 6.45) is 2.45. The van der Waals surface area contributed by atoms with E-state index in [0.29, 0.717) is 25.2 Å². The van der Waals surface area contributed by atoms with Crippen LogP contribution in [0.1, 0.15) is 12.8 Å². The minimum absolute atomic E-state index is 0.0887. The minimum Gasteiger partial charge on any atom is -0.369 e. The zero-order chi connectivity index (χ0) is 20.9. The number of anilines is 1. The molecule has 1 aromatic heterocycles. The molecule has 0 aliphatic rings. The fraction of sp³-hybridized carbons (Fsp3) is 0.286. The van der Waals surface area contributed by atoms with Gasteiger partial charge in [0.2, 0.25) is 5.28 Å². The van der Waals surface area contributed by atoms with E-state index in [0.717, 1.165) is 21.8 Å². The summed E-state index contributed by atoms with van der Waals surface area (Å²) < 4.78 is 21.4. The predicted molar refractivity (Wildman–Crippen MR) is 111 cm³/mol. The van der Waals surface area contributed by atoms with E-state index in [4.69, 9.17) is 16.4 Å². The number of nitrogens with zero attached hydrogens (tertiary/aromatic N) is 4. The number of hydrogen-bond donors (Lipinski definition) is 2. The number of hydrogen-bond acceptors (Lipinski definition) is 9. The van der Waals surface area contributed by atoms with Crippen LogP contribution in [0, 0.1) is 28.6 Å². The van der Waals surface area contributed by atoms with Crippen LogP contribution in [0.2, 0.25) is 5.28 Å². The van der Waals surface area contributed by atoms with Crippen molar-refractivity contribution in [1.82, 2.24) is 9.97 Å². The third-order valence-electron chi connectivity index (χ3n) is 3.54. The molecule has 1 heterocycles. The first-order chi connectivity index (χ1) is 13.1. The summed E-state index contributed by atoms with van der Waals surface area (Å²) in [5.41, 5.74) is -1.14. The molecule has 0 fully saturated rings. The molecule has 0 saturated carbocycles. The monoisotopic (exact) mass is 540 g/mol. The van der Waals surface area contributed by atoms with Crippen molar-refractivity contribution in [2.75, 3.05) is 17.6 Å². The first-order valence-corrected chi connectivity index (χ1v) is 10.9. The molecule has 0 radical (unpaired) electrons. The highest BCUT2D eigenvalue weighted by molar-refractivity contribution is 14.1. The van der Waals surface area contributed by atoms with Crippen molar-refractivity contribution in [2.45, 2.75) is 17.7 Å². The highest BCUT2D eigenvalue weighted by Crippen LogP contribution is 2.27. The van der Waals surface area contributed by atoms with Gasteiger partial charge >= 0.3 is 0 Å². The van der Waals surface area contributed by atoms with Crippen molar-refractivity contribution < 1.29 is 14.1 Å². The summed E-state index contributed by atoms with van der Waals surface area (Å²) in [6, 6.07) is 2.68. The zero-order valence-electron chi connectivity index (χ0n) is 14.1. The number of benzene rings is 1. The molecule has 1 unspecified atom stereocenters. The first-order valence-electron chi connectivity index (χ1n) is 7.72. The number of unbranched alkanes of at least 4 members (excludes halogenated alkanes) is 1. The van der Waals surface area contributed by atoms with E-state index in [2.05, 4.69) is 15.3 Å². The predicted octanol–water partition coefficient (Wildman–Crippen LogP) is 3.85. The second-order valence-electron chi connectivity index (χ2n) is 5.55. The lowest BCUT2D eigenvalue weighted by atomic mass is 10.3. The SMILES string of the molecule is N=S(=O)(CCCCNc1nc(Cl)ncc1I)c1cc([N+](=O)[O-])cc([N+](=O)[O-])c1. The van der Waals surface area contributed by atoms with E-state index >= 15 is 0 Å². The summed E-state index contributed by atoms with van der Waals surface area (Å²) in [5.74, 6) is 0.468. The number of rotatable bonds is 9. The van der Waals surface area contributed by atoms with Crippen LogP contribution < -0.4 is 5.32 Å². The Morgan fingerprint density at radius 1 is 1.18 bits per heavy atom. The number of nitro groups is 2. The van der Waals surface area contributed by atoms with Crippen LogP contribution in [0.3, 0.4) is 0 Å². The van der Waals surface area contributed by atoms with Gasteiger partial charge in [-0.3, -0.25) is 20.2 Å². The Balaban J connectivity index is 2.01. The summed E-state index contributed by atoms with van der Waals surface area (Å²) in [4.78, 5) is 27.9. The molecule has 2 N–H and O–H groups in total. The number of non-ortho nitro benzene ring substituents is 2. The average Bonchev–Trinajstić information content (AvgIpc) is 2.63. The van der Waals surface area contributed by atoms with E-state index in [1.165, 1.54) is 0 Å². The molecule has 2 aromatic rings. The van der Waals surface area contributed by atoms with Gasteiger partial charge in [0.15, 0.2) is 0 Å². The molecule has 0 aliphatic heterocycles. The normalized spacial score (nSPS) is 12.9. The van der Waals surface area contributed by atoms with Gasteiger partial charge in [0.05, 0.1) is 34.1 Å². The molecule has 14 heteroatoms. The van der Waals surface area contributed by atoms with E-state index in [9.17, 15) is 24.4 Å². The minimum atomic E-state index is -3.42. The molecule has 0 amide bonds. The Bertz CT molecular complexity index is 987. The lowest BCUT2D eigenvalue weighted by molar-refractivity contribution is -0.394. The maximum Gasteiger partial charge on any atom is 0.277 e. The van der Waals surface area contributed by atoms with Gasteiger partial charge < -0.3 is 5.32 Å². The topological polar surface area (TPSA) is 165 Å². The number of nitrogens with one attached hydrogen (secondary N) is 2. The summed E-state index contributed by atoms with van der Waals surface area (Å²) in [7, 11) is -3.42. The maximum atomic E-state index is 12.6. The highest BCUT2D eigenvalue weighted by Gasteiger charge is 2.21. The Labute approximate surface area is 178 Å². The van der Waals surface area contributed by atoms with Crippen molar-refractivity contribution in [3.8, 4) is 0 Å². The first kappa shape index (κ1) is 22.2. The summed E-state index contributed by atoms with van der Waals surface area (Å²) in [6.45, 7) is 0.466. The van der Waals surface area contributed by atoms with Gasteiger partial charge in [-0.15, -0.1) is 0 Å². The number of halogens is 2. The van der Waals surface area contributed by atoms with Crippen molar-refractivity contribution in [1.29, 1.82) is 4.78 Å². The molecular formula is C14H14ClIN6O5S. The Kier molecular flexibility index (Phi) is 7.42. The second-order valence-corrected chi connectivity index (χ2v) is 9.28. The van der Waals surface area contributed by atoms with E-state index in [1.54, 1.807) is 6.20 Å². The van der Waals surface area contributed by atoms with Gasteiger partial charge in [-0.05, 0) is 47.0 Å². The van der Waals surface area contributed by atoms with Gasteiger partial charge in [-0.1, -0.05) is 0 Å². The van der Waals surface area contributed by atoms with Gasteiger partial charge in [0.25, 0.3) is 11.4 Å². The lowest BCUT2D eigenvalue weighted by Crippen LogP contribution is -2.10. The van der Waals surface area contributed by atoms with Crippen molar-refractivity contribution >= 4 is 61.1 Å². The standard InChI is InChI=1S/C14H14ClIN6O5S/c15-14-19-8-12(16)13(20-14)18-3-1-2-4-28(17,27)11-6-9(21(23)24)5-10(7-11)22(25)26/h5-8,17H,1-4H2,(H,18,19,20). The zero-order valence-corrected chi connectivity index (χ0v) is 17.9. The van der Waals surface area contributed by atoms with Crippen LogP contribution in [0.15, 0.2) is 29.3 Å². The maximum absolute atomic E-state index is 12.6. The van der Waals surface area contributed by atoms with Crippen LogP contribution in [0.25, 0.3) is 0 Å². The molecule has 11 nitrogen and oxygen atoms in total. The highest BCUT2D eigenvalue weighted by atomic mass is 127. The molecule has 0 spiro atoms. The van der Waals surface area contributed by atoms with Crippen LogP contribution in [-0.4, -0.2) is 36.3 Å². The van der Waals surface area contributed by atoms with E-state index < -0.39 is 31.0 Å². The number of nitro benzene ring substituents is 2.